The molecule has 0 bridgehead atoms. The van der Waals surface area contributed by atoms with Crippen LogP contribution in [0.15, 0.2) is 18.2 Å². The van der Waals surface area contributed by atoms with Gasteiger partial charge < -0.3 is 4.90 Å². The molecule has 0 unspecified atom stereocenters. The second-order valence-electron chi connectivity index (χ2n) is 5.43. The fraction of sp³-hybridized carbons (Fsp3) is 0.500. The van der Waals surface area contributed by atoms with Gasteiger partial charge in [-0.25, -0.2) is 0 Å². The van der Waals surface area contributed by atoms with Crippen LogP contribution >= 0.6 is 38.9 Å². The number of carbonyl (C=O) groups excluding carboxylic acids is 1. The van der Waals surface area contributed by atoms with Crippen molar-refractivity contribution in [3.05, 3.63) is 29.3 Å². The van der Waals surface area contributed by atoms with E-state index in [1.165, 1.54) is 11.1 Å². The average molecular weight is 371 g/mol. The molecule has 1 aliphatic heterocycles. The highest BCUT2D eigenvalue weighted by molar-refractivity contribution is 8.24. The molecule has 0 saturated carbocycles. The predicted octanol–water partition coefficient (Wildman–Crippen LogP) is 5.92. The molecule has 0 saturated heterocycles. The lowest BCUT2D eigenvalue weighted by Crippen LogP contribution is -2.33. The van der Waals surface area contributed by atoms with Gasteiger partial charge in [0.15, 0.2) is 0 Å². The third kappa shape index (κ3) is 5.49. The molecule has 0 aliphatic carbocycles. The molecule has 1 aliphatic rings. The largest absolute Gasteiger partial charge is 0.339 e. The van der Waals surface area contributed by atoms with Crippen LogP contribution in [0.1, 0.15) is 44.7 Å². The van der Waals surface area contributed by atoms with Crippen molar-refractivity contribution in [2.75, 3.05) is 4.90 Å². The number of carbonyl (C=O) groups is 1. The fourth-order valence-electron chi connectivity index (χ4n) is 2.49. The molecule has 1 amide bonds. The van der Waals surface area contributed by atoms with Gasteiger partial charge in [-0.1, -0.05) is 26.0 Å². The minimum atomic E-state index is -3.22. The quantitative estimate of drug-likeness (QED) is 0.606. The molecule has 21 heavy (non-hydrogen) atoms. The van der Waals surface area contributed by atoms with E-state index in [0.717, 1.165) is 5.69 Å². The Morgan fingerprint density at radius 1 is 1.14 bits per heavy atom. The Morgan fingerprint density at radius 2 is 1.67 bits per heavy atom. The maximum atomic E-state index is 12.0. The van der Waals surface area contributed by atoms with Crippen LogP contribution in [0.3, 0.4) is 0 Å². The van der Waals surface area contributed by atoms with Crippen molar-refractivity contribution < 1.29 is 9.36 Å². The zero-order valence-corrected chi connectivity index (χ0v) is 15.6. The molecule has 2 rings (SSSR count). The number of nitrogens with zero attached hydrogens (tertiary/aromatic N) is 1. The first-order valence-corrected chi connectivity index (χ1v) is 11.1. The van der Waals surface area contributed by atoms with Crippen LogP contribution in [0.25, 0.3) is 0 Å². The zero-order chi connectivity index (χ0) is 16.4. The number of anilines is 1. The number of amides is 1. The summed E-state index contributed by atoms with van der Waals surface area (Å²) in [5, 5.41) is -3.22. The van der Waals surface area contributed by atoms with Crippen LogP contribution < -0.4 is 4.90 Å². The van der Waals surface area contributed by atoms with Gasteiger partial charge in [-0.05, 0) is 70.7 Å². The molecule has 0 fully saturated rings. The Bertz CT molecular complexity index is 561. The van der Waals surface area contributed by atoms with Crippen molar-refractivity contribution in [1.82, 2.24) is 0 Å². The van der Waals surface area contributed by atoms with E-state index in [0.29, 0.717) is 12.3 Å². The minimum Gasteiger partial charge on any atom is -0.309 e. The van der Waals surface area contributed by atoms with Gasteiger partial charge >= 0.3 is 5.20 Å². The lowest BCUT2D eigenvalue weighted by molar-refractivity contribution is -0.117. The molecule has 0 N–H and O–H groups in total. The molecule has 0 radical (unpaired) electrons. The summed E-state index contributed by atoms with van der Waals surface area (Å²) in [4.78, 5) is 13.9. The molecule has 7 heteroatoms. The molecule has 0 aromatic heterocycles. The summed E-state index contributed by atoms with van der Waals surface area (Å²) >= 11 is 13.8. The predicted molar refractivity (Wildman–Crippen MR) is 92.0 cm³/mol. The lowest BCUT2D eigenvalue weighted by atomic mass is 9.95. The second kappa shape index (κ2) is 7.37. The molecule has 1 aromatic carbocycles. The van der Waals surface area contributed by atoms with E-state index in [-0.39, 0.29) is 11.9 Å². The van der Waals surface area contributed by atoms with Crippen molar-refractivity contribution in [2.45, 2.75) is 46.1 Å². The maximum absolute atomic E-state index is 12.0. The Hall–Kier alpha value is -0.210. The van der Waals surface area contributed by atoms with E-state index >= 15 is 0 Å². The second-order valence-corrected chi connectivity index (χ2v) is 12.1. The topological polar surface area (TPSA) is 37.4 Å². The number of halogens is 3. The first kappa shape index (κ1) is 18.8. The smallest absolute Gasteiger partial charge is 0.309 e. The Kier molecular flexibility index (Phi) is 6.61. The molecule has 118 valence electrons. The van der Waals surface area contributed by atoms with Gasteiger partial charge in [0.05, 0.1) is 6.42 Å². The Balaban J connectivity index is 0.000000383. The van der Waals surface area contributed by atoms with Crippen LogP contribution in [0, 0.1) is 0 Å². The number of hydrogen-bond acceptors (Lipinski definition) is 2. The van der Waals surface area contributed by atoms with Gasteiger partial charge in [-0.3, -0.25) is 9.36 Å². The minimum absolute atomic E-state index is 0.234. The average Bonchev–Trinajstić information content (AvgIpc) is 2.61. The number of benzene rings is 1. The van der Waals surface area contributed by atoms with E-state index in [9.17, 15) is 9.36 Å². The van der Waals surface area contributed by atoms with Gasteiger partial charge in [-0.15, -0.1) is 0 Å². The monoisotopic (exact) mass is 369 g/mol. The first-order valence-electron chi connectivity index (χ1n) is 6.65. The summed E-state index contributed by atoms with van der Waals surface area (Å²) in [5.41, 5.74) is 3.66. The van der Waals surface area contributed by atoms with Crippen molar-refractivity contribution in [3.8, 4) is 0 Å². The van der Waals surface area contributed by atoms with Gasteiger partial charge in [0.25, 0.3) is 0 Å². The van der Waals surface area contributed by atoms with Gasteiger partial charge in [0, 0.05) is 11.7 Å². The van der Waals surface area contributed by atoms with Gasteiger partial charge in [0.1, 0.15) is 0 Å². The molecular weight excluding hydrogens is 351 g/mol. The summed E-state index contributed by atoms with van der Waals surface area (Å²) in [7, 11) is 0. The van der Waals surface area contributed by atoms with Crippen LogP contribution in [-0.2, 0) is 15.8 Å². The number of rotatable bonds is 2. The van der Waals surface area contributed by atoms with Crippen LogP contribution in [0.2, 0.25) is 0 Å². The SMILES string of the molecule is CC(C)c1cccc2c1CC(=O)N2C(C)C.O=P(Cl)(Cl)Cl. The van der Waals surface area contributed by atoms with E-state index in [4.69, 9.17) is 0 Å². The molecule has 0 atom stereocenters. The Labute approximate surface area is 140 Å². The highest BCUT2D eigenvalue weighted by Crippen LogP contribution is 2.61. The standard InChI is InChI=1S/C14H19NO.Cl3OP/c1-9(2)11-6-5-7-13-12(11)8-14(16)15(13)10(3)4;1-5(2,3)4/h5-7,9-10H,8H2,1-4H3;. The summed E-state index contributed by atoms with van der Waals surface area (Å²) in [6.45, 7) is 8.49. The first-order chi connectivity index (χ1) is 9.52. The Morgan fingerprint density at radius 3 is 2.10 bits per heavy atom. The van der Waals surface area contributed by atoms with Crippen LogP contribution in [0.5, 0.6) is 0 Å². The van der Waals surface area contributed by atoms with Crippen molar-refractivity contribution in [2.24, 2.45) is 0 Å². The van der Waals surface area contributed by atoms with E-state index in [2.05, 4.69) is 79.6 Å². The number of fused-ring (bicyclic) bond motifs is 1. The van der Waals surface area contributed by atoms with Crippen molar-refractivity contribution >= 4 is 50.5 Å². The summed E-state index contributed by atoms with van der Waals surface area (Å²) in [6, 6.07) is 6.51. The molecule has 1 aromatic rings. The molecule has 3 nitrogen and oxygen atoms in total. The maximum Gasteiger partial charge on any atom is 0.339 e. The summed E-state index contributed by atoms with van der Waals surface area (Å²) in [6.07, 6.45) is 0.571. The highest BCUT2D eigenvalue weighted by Gasteiger charge is 2.30. The van der Waals surface area contributed by atoms with Gasteiger partial charge in [-0.2, -0.15) is 0 Å². The van der Waals surface area contributed by atoms with Crippen molar-refractivity contribution in [3.63, 3.8) is 0 Å². The van der Waals surface area contributed by atoms with E-state index in [1.807, 2.05) is 4.90 Å². The van der Waals surface area contributed by atoms with Crippen LogP contribution in [0.4, 0.5) is 5.69 Å². The zero-order valence-electron chi connectivity index (χ0n) is 12.4. The lowest BCUT2D eigenvalue weighted by Gasteiger charge is -2.22. The van der Waals surface area contributed by atoms with E-state index in [1.54, 1.807) is 0 Å². The summed E-state index contributed by atoms with van der Waals surface area (Å²) < 4.78 is 9.51. The van der Waals surface area contributed by atoms with Crippen LogP contribution in [-0.4, -0.2) is 11.9 Å². The highest BCUT2D eigenvalue weighted by atomic mass is 36.0. The fourth-order valence-corrected chi connectivity index (χ4v) is 2.49. The van der Waals surface area contributed by atoms with Gasteiger partial charge in [0.2, 0.25) is 5.91 Å². The molecular formula is C14H19Cl3NO2P. The third-order valence-electron chi connectivity index (χ3n) is 3.18. The molecule has 0 spiro atoms. The number of hydrogen-bond donors (Lipinski definition) is 0. The summed E-state index contributed by atoms with van der Waals surface area (Å²) in [5.74, 6) is 0.716. The van der Waals surface area contributed by atoms with E-state index < -0.39 is 5.20 Å². The molecule has 1 heterocycles. The normalized spacial score (nSPS) is 14.3. The van der Waals surface area contributed by atoms with Crippen molar-refractivity contribution in [1.29, 1.82) is 0 Å². The third-order valence-corrected chi connectivity index (χ3v) is 3.18.